The highest BCUT2D eigenvalue weighted by Crippen LogP contribution is 2.28. The minimum atomic E-state index is -0.183. The summed E-state index contributed by atoms with van der Waals surface area (Å²) in [4.78, 5) is 18.5. The molecule has 1 aromatic carbocycles. The first-order valence-electron chi connectivity index (χ1n) is 7.24. The van der Waals surface area contributed by atoms with Crippen LogP contribution in [0.2, 0.25) is 0 Å². The number of nitrogens with one attached hydrogen (secondary N) is 1. The second-order valence-electron chi connectivity index (χ2n) is 5.32. The molecule has 1 amide bonds. The Hall–Kier alpha value is -2.20. The van der Waals surface area contributed by atoms with Gasteiger partial charge < -0.3 is 5.32 Å². The Labute approximate surface area is 124 Å². The Kier molecular flexibility index (Phi) is 3.71. The molecule has 108 valence electrons. The first-order chi connectivity index (χ1) is 10.2. The topological polar surface area (TPSA) is 45.2 Å². The van der Waals surface area contributed by atoms with E-state index in [1.54, 1.807) is 0 Å². The smallest absolute Gasteiger partial charge is 0.243 e. The molecule has 4 heteroatoms. The SMILES string of the molecule is CCN1CNC(=O)C1c1cccc(-c2ccnc(C)c2)c1. The van der Waals surface area contributed by atoms with E-state index in [-0.39, 0.29) is 11.9 Å². The maximum absolute atomic E-state index is 12.1. The number of carbonyl (C=O) groups is 1. The van der Waals surface area contributed by atoms with Crippen molar-refractivity contribution in [2.75, 3.05) is 13.2 Å². The van der Waals surface area contributed by atoms with Crippen molar-refractivity contribution in [3.8, 4) is 11.1 Å². The molecule has 2 heterocycles. The van der Waals surface area contributed by atoms with E-state index in [0.717, 1.165) is 28.9 Å². The van der Waals surface area contributed by atoms with Crippen molar-refractivity contribution in [2.24, 2.45) is 0 Å². The highest BCUT2D eigenvalue weighted by Gasteiger charge is 2.32. The Morgan fingerprint density at radius 1 is 1.29 bits per heavy atom. The summed E-state index contributed by atoms with van der Waals surface area (Å²) in [6.45, 7) is 5.53. The molecule has 3 rings (SSSR count). The van der Waals surface area contributed by atoms with Crippen LogP contribution >= 0.6 is 0 Å². The molecule has 2 aromatic rings. The predicted molar refractivity (Wildman–Crippen MR) is 82.5 cm³/mol. The second kappa shape index (κ2) is 5.66. The van der Waals surface area contributed by atoms with E-state index >= 15 is 0 Å². The number of hydrogen-bond acceptors (Lipinski definition) is 3. The fourth-order valence-corrected chi connectivity index (χ4v) is 2.80. The zero-order chi connectivity index (χ0) is 14.8. The lowest BCUT2D eigenvalue weighted by molar-refractivity contribution is -0.121. The first kappa shape index (κ1) is 13.8. The summed E-state index contributed by atoms with van der Waals surface area (Å²) in [7, 11) is 0. The van der Waals surface area contributed by atoms with Gasteiger partial charge in [-0.1, -0.05) is 25.1 Å². The molecular formula is C17H19N3O. The van der Waals surface area contributed by atoms with Gasteiger partial charge in [-0.2, -0.15) is 0 Å². The molecule has 0 bridgehead atoms. The molecule has 1 aliphatic rings. The number of hydrogen-bond donors (Lipinski definition) is 1. The van der Waals surface area contributed by atoms with Crippen LogP contribution in [0.4, 0.5) is 0 Å². The third-order valence-corrected chi connectivity index (χ3v) is 3.91. The Balaban J connectivity index is 1.98. The normalized spacial score (nSPS) is 18.8. The van der Waals surface area contributed by atoms with Gasteiger partial charge in [0.1, 0.15) is 6.04 Å². The molecule has 1 atom stereocenters. The number of pyridine rings is 1. The van der Waals surface area contributed by atoms with Crippen molar-refractivity contribution in [1.82, 2.24) is 15.2 Å². The summed E-state index contributed by atoms with van der Waals surface area (Å²) >= 11 is 0. The molecule has 4 nitrogen and oxygen atoms in total. The van der Waals surface area contributed by atoms with Crippen LogP contribution in [0.3, 0.4) is 0 Å². The standard InChI is InChI=1S/C17H19N3O/c1-3-20-11-19-17(21)16(20)15-6-4-5-13(10-15)14-7-8-18-12(2)9-14/h4-10,16H,3,11H2,1-2H3,(H,19,21). The average molecular weight is 281 g/mol. The molecule has 1 fully saturated rings. The highest BCUT2D eigenvalue weighted by molar-refractivity contribution is 5.85. The molecule has 0 spiro atoms. The lowest BCUT2D eigenvalue weighted by Crippen LogP contribution is -2.25. The maximum Gasteiger partial charge on any atom is 0.243 e. The van der Waals surface area contributed by atoms with Gasteiger partial charge in [0.25, 0.3) is 0 Å². The molecule has 1 aliphatic heterocycles. The highest BCUT2D eigenvalue weighted by atomic mass is 16.2. The molecule has 21 heavy (non-hydrogen) atoms. The maximum atomic E-state index is 12.1. The molecule has 1 aromatic heterocycles. The summed E-state index contributed by atoms with van der Waals surface area (Å²) in [6.07, 6.45) is 1.82. The number of amides is 1. The van der Waals surface area contributed by atoms with E-state index in [1.807, 2.05) is 31.3 Å². The first-order valence-corrected chi connectivity index (χ1v) is 7.24. The summed E-state index contributed by atoms with van der Waals surface area (Å²) in [5, 5.41) is 2.91. The van der Waals surface area contributed by atoms with Gasteiger partial charge in [-0.05, 0) is 48.4 Å². The Morgan fingerprint density at radius 3 is 2.86 bits per heavy atom. The number of nitrogens with zero attached hydrogens (tertiary/aromatic N) is 2. The average Bonchev–Trinajstić information content (AvgIpc) is 2.88. The van der Waals surface area contributed by atoms with Crippen molar-refractivity contribution < 1.29 is 4.79 Å². The van der Waals surface area contributed by atoms with Crippen molar-refractivity contribution in [1.29, 1.82) is 0 Å². The third kappa shape index (κ3) is 2.67. The number of likely N-dealkylation sites (N-methyl/N-ethyl adjacent to an activating group) is 1. The fourth-order valence-electron chi connectivity index (χ4n) is 2.80. The number of rotatable bonds is 3. The molecule has 1 N–H and O–H groups in total. The van der Waals surface area contributed by atoms with E-state index in [2.05, 4.69) is 40.3 Å². The molecular weight excluding hydrogens is 262 g/mol. The van der Waals surface area contributed by atoms with Crippen LogP contribution in [0, 0.1) is 6.92 Å². The van der Waals surface area contributed by atoms with Gasteiger partial charge >= 0.3 is 0 Å². The monoisotopic (exact) mass is 281 g/mol. The zero-order valence-corrected chi connectivity index (χ0v) is 12.3. The van der Waals surface area contributed by atoms with Gasteiger partial charge in [0.05, 0.1) is 6.67 Å². The van der Waals surface area contributed by atoms with E-state index < -0.39 is 0 Å². The van der Waals surface area contributed by atoms with Gasteiger partial charge in [-0.3, -0.25) is 14.7 Å². The van der Waals surface area contributed by atoms with E-state index in [0.29, 0.717) is 6.67 Å². The van der Waals surface area contributed by atoms with Crippen molar-refractivity contribution in [3.05, 3.63) is 53.9 Å². The predicted octanol–water partition coefficient (Wildman–Crippen LogP) is 2.51. The summed E-state index contributed by atoms with van der Waals surface area (Å²) in [6, 6.07) is 12.1. The van der Waals surface area contributed by atoms with Crippen LogP contribution in [0.5, 0.6) is 0 Å². The zero-order valence-electron chi connectivity index (χ0n) is 12.3. The Bertz CT molecular complexity index is 669. The van der Waals surface area contributed by atoms with Crippen molar-refractivity contribution in [2.45, 2.75) is 19.9 Å². The van der Waals surface area contributed by atoms with Crippen molar-refractivity contribution >= 4 is 5.91 Å². The molecule has 0 radical (unpaired) electrons. The summed E-state index contributed by atoms with van der Waals surface area (Å²) in [5.74, 6) is 0.0832. The van der Waals surface area contributed by atoms with Gasteiger partial charge in [-0.15, -0.1) is 0 Å². The quantitative estimate of drug-likeness (QED) is 0.940. The van der Waals surface area contributed by atoms with Gasteiger partial charge in [-0.25, -0.2) is 0 Å². The van der Waals surface area contributed by atoms with Crippen LogP contribution < -0.4 is 5.32 Å². The second-order valence-corrected chi connectivity index (χ2v) is 5.32. The van der Waals surface area contributed by atoms with Gasteiger partial charge in [0.15, 0.2) is 0 Å². The number of aromatic nitrogens is 1. The Morgan fingerprint density at radius 2 is 2.10 bits per heavy atom. The molecule has 0 aliphatic carbocycles. The van der Waals surface area contributed by atoms with E-state index in [1.165, 1.54) is 0 Å². The minimum Gasteiger partial charge on any atom is -0.342 e. The molecule has 0 saturated carbocycles. The third-order valence-electron chi connectivity index (χ3n) is 3.91. The largest absolute Gasteiger partial charge is 0.342 e. The summed E-state index contributed by atoms with van der Waals surface area (Å²) in [5.41, 5.74) is 4.28. The number of aryl methyl sites for hydroxylation is 1. The van der Waals surface area contributed by atoms with E-state index in [4.69, 9.17) is 0 Å². The molecule has 1 saturated heterocycles. The lowest BCUT2D eigenvalue weighted by Gasteiger charge is -2.20. The number of benzene rings is 1. The van der Waals surface area contributed by atoms with E-state index in [9.17, 15) is 4.79 Å². The van der Waals surface area contributed by atoms with Crippen LogP contribution in [-0.4, -0.2) is 29.0 Å². The number of carbonyl (C=O) groups excluding carboxylic acids is 1. The molecule has 1 unspecified atom stereocenters. The van der Waals surface area contributed by atoms with Crippen LogP contribution in [0.1, 0.15) is 24.2 Å². The minimum absolute atomic E-state index is 0.0832. The van der Waals surface area contributed by atoms with Crippen molar-refractivity contribution in [3.63, 3.8) is 0 Å². The summed E-state index contributed by atoms with van der Waals surface area (Å²) < 4.78 is 0. The van der Waals surface area contributed by atoms with Crippen LogP contribution in [0.25, 0.3) is 11.1 Å². The lowest BCUT2D eigenvalue weighted by atomic mass is 9.99. The van der Waals surface area contributed by atoms with Crippen LogP contribution in [-0.2, 0) is 4.79 Å². The fraction of sp³-hybridized carbons (Fsp3) is 0.294. The van der Waals surface area contributed by atoms with Gasteiger partial charge in [0.2, 0.25) is 5.91 Å². The van der Waals surface area contributed by atoms with Gasteiger partial charge in [0, 0.05) is 11.9 Å². The van der Waals surface area contributed by atoms with Crippen LogP contribution in [0.15, 0.2) is 42.6 Å².